The highest BCUT2D eigenvalue weighted by Crippen LogP contribution is 2.36. The van der Waals surface area contributed by atoms with Crippen LogP contribution in [-0.2, 0) is 4.79 Å². The number of hydrogen-bond acceptors (Lipinski definition) is 3. The van der Waals surface area contributed by atoms with E-state index in [2.05, 4.69) is 15.2 Å². The second-order valence-electron chi connectivity index (χ2n) is 6.69. The molecule has 29 heavy (non-hydrogen) atoms. The van der Waals surface area contributed by atoms with E-state index < -0.39 is 11.9 Å². The van der Waals surface area contributed by atoms with Gasteiger partial charge in [0.05, 0.1) is 18.3 Å². The number of nitrogens with zero attached hydrogens (tertiary/aromatic N) is 2. The van der Waals surface area contributed by atoms with E-state index in [1.807, 2.05) is 36.4 Å². The summed E-state index contributed by atoms with van der Waals surface area (Å²) in [4.78, 5) is 16.1. The molecule has 0 spiro atoms. The summed E-state index contributed by atoms with van der Waals surface area (Å²) in [5.74, 6) is -1.74. The van der Waals surface area contributed by atoms with Crippen LogP contribution in [0.1, 0.15) is 23.5 Å². The maximum atomic E-state index is 14.7. The molecule has 2 aromatic heterocycles. The lowest BCUT2D eigenvalue weighted by Gasteiger charge is -2.17. The Hall–Kier alpha value is -3.80. The molecule has 0 aliphatic carbocycles. The Kier molecular flexibility index (Phi) is 5.16. The van der Waals surface area contributed by atoms with Gasteiger partial charge in [0.1, 0.15) is 5.82 Å². The van der Waals surface area contributed by atoms with Crippen LogP contribution in [0.4, 0.5) is 4.39 Å². The largest absolute Gasteiger partial charge is 0.481 e. The number of carbonyl (C=O) groups is 1. The monoisotopic (exact) mass is 387 g/mol. The Bertz CT molecular complexity index is 1130. The second kappa shape index (κ2) is 8.06. The van der Waals surface area contributed by atoms with E-state index in [4.69, 9.17) is 0 Å². The van der Waals surface area contributed by atoms with Crippen molar-refractivity contribution in [3.05, 3.63) is 96.2 Å². The van der Waals surface area contributed by atoms with E-state index in [1.54, 1.807) is 36.8 Å². The van der Waals surface area contributed by atoms with Crippen LogP contribution in [0.25, 0.3) is 22.4 Å². The molecule has 4 rings (SSSR count). The van der Waals surface area contributed by atoms with E-state index in [9.17, 15) is 14.3 Å². The summed E-state index contributed by atoms with van der Waals surface area (Å²) < 4.78 is 14.7. The lowest BCUT2D eigenvalue weighted by atomic mass is 9.88. The maximum absolute atomic E-state index is 14.7. The number of carboxylic acids is 1. The number of aliphatic carboxylic acids is 1. The molecule has 0 radical (unpaired) electrons. The van der Waals surface area contributed by atoms with Gasteiger partial charge in [0.25, 0.3) is 0 Å². The van der Waals surface area contributed by atoms with E-state index in [1.165, 1.54) is 6.07 Å². The van der Waals surface area contributed by atoms with Crippen molar-refractivity contribution in [2.45, 2.75) is 12.3 Å². The van der Waals surface area contributed by atoms with Gasteiger partial charge in [-0.2, -0.15) is 5.10 Å². The summed E-state index contributed by atoms with van der Waals surface area (Å²) >= 11 is 0. The molecular formula is C23H18FN3O2. The molecule has 1 atom stereocenters. The number of pyridine rings is 1. The molecule has 0 fully saturated rings. The summed E-state index contributed by atoms with van der Waals surface area (Å²) in [5.41, 5.74) is 3.96. The van der Waals surface area contributed by atoms with Crippen LogP contribution in [0.5, 0.6) is 0 Å². The average molecular weight is 387 g/mol. The van der Waals surface area contributed by atoms with E-state index in [-0.39, 0.29) is 12.2 Å². The first-order valence-electron chi connectivity index (χ1n) is 9.14. The van der Waals surface area contributed by atoms with E-state index >= 15 is 0 Å². The third-order valence-corrected chi connectivity index (χ3v) is 4.82. The van der Waals surface area contributed by atoms with Crippen molar-refractivity contribution in [3.8, 4) is 22.4 Å². The van der Waals surface area contributed by atoms with Gasteiger partial charge in [0.15, 0.2) is 0 Å². The lowest BCUT2D eigenvalue weighted by molar-refractivity contribution is -0.137. The summed E-state index contributed by atoms with van der Waals surface area (Å²) in [6.45, 7) is 0. The minimum absolute atomic E-state index is 0.122. The predicted octanol–water partition coefficient (Wildman–Crippen LogP) is 4.88. The Morgan fingerprint density at radius 2 is 1.76 bits per heavy atom. The number of halogens is 1. The molecular weight excluding hydrogens is 369 g/mol. The molecule has 2 aromatic carbocycles. The first-order chi connectivity index (χ1) is 14.1. The fourth-order valence-corrected chi connectivity index (χ4v) is 3.44. The first kappa shape index (κ1) is 18.6. The molecule has 2 N–H and O–H groups in total. The fourth-order valence-electron chi connectivity index (χ4n) is 3.44. The molecule has 5 nitrogen and oxygen atoms in total. The highest BCUT2D eigenvalue weighted by atomic mass is 19.1. The first-order valence-corrected chi connectivity index (χ1v) is 9.14. The van der Waals surface area contributed by atoms with Crippen LogP contribution in [-0.4, -0.2) is 26.3 Å². The zero-order valence-corrected chi connectivity index (χ0v) is 15.4. The van der Waals surface area contributed by atoms with Crippen LogP contribution < -0.4 is 0 Å². The SMILES string of the molecule is O=C(O)CC(c1cn[nH]c1)c1cnc(-c2ccccc2)c(-c2ccccc2F)c1. The molecule has 0 amide bonds. The molecule has 1 unspecified atom stereocenters. The number of nitrogens with one attached hydrogen (secondary N) is 1. The topological polar surface area (TPSA) is 78.9 Å². The average Bonchev–Trinajstić information content (AvgIpc) is 3.27. The van der Waals surface area contributed by atoms with Crippen molar-refractivity contribution in [2.24, 2.45) is 0 Å². The van der Waals surface area contributed by atoms with Gasteiger partial charge < -0.3 is 5.11 Å². The minimum Gasteiger partial charge on any atom is -0.481 e. The zero-order chi connectivity index (χ0) is 20.2. The van der Waals surface area contributed by atoms with E-state index in [0.717, 1.165) is 11.1 Å². The van der Waals surface area contributed by atoms with Crippen LogP contribution in [0, 0.1) is 5.82 Å². The number of hydrogen-bond donors (Lipinski definition) is 2. The Morgan fingerprint density at radius 1 is 1.00 bits per heavy atom. The van der Waals surface area contributed by atoms with Gasteiger partial charge in [-0.05, 0) is 23.3 Å². The number of rotatable bonds is 6. The molecule has 0 saturated carbocycles. The molecule has 0 aliphatic heterocycles. The molecule has 2 heterocycles. The number of aromatic amines is 1. The normalized spacial score (nSPS) is 11.9. The molecule has 6 heteroatoms. The Labute approximate surface area is 166 Å². The van der Waals surface area contributed by atoms with Crippen LogP contribution in [0.2, 0.25) is 0 Å². The van der Waals surface area contributed by atoms with Gasteiger partial charge in [-0.3, -0.25) is 14.9 Å². The van der Waals surface area contributed by atoms with Crippen molar-refractivity contribution < 1.29 is 14.3 Å². The quantitative estimate of drug-likeness (QED) is 0.494. The van der Waals surface area contributed by atoms with Gasteiger partial charge >= 0.3 is 5.97 Å². The van der Waals surface area contributed by atoms with Gasteiger partial charge in [-0.1, -0.05) is 48.5 Å². The molecule has 0 saturated heterocycles. The van der Waals surface area contributed by atoms with Crippen LogP contribution in [0.15, 0.2) is 79.3 Å². The highest BCUT2D eigenvalue weighted by molar-refractivity contribution is 5.81. The Morgan fingerprint density at radius 3 is 2.45 bits per heavy atom. The highest BCUT2D eigenvalue weighted by Gasteiger charge is 2.22. The van der Waals surface area contributed by atoms with Gasteiger partial charge in [-0.25, -0.2) is 4.39 Å². The summed E-state index contributed by atoms with van der Waals surface area (Å²) in [5, 5.41) is 16.1. The molecule has 144 valence electrons. The summed E-state index contributed by atoms with van der Waals surface area (Å²) in [6, 6.07) is 17.9. The summed E-state index contributed by atoms with van der Waals surface area (Å²) in [7, 11) is 0. The van der Waals surface area contributed by atoms with Crippen molar-refractivity contribution in [2.75, 3.05) is 0 Å². The molecule has 4 aromatic rings. The van der Waals surface area contributed by atoms with E-state index in [0.29, 0.717) is 22.4 Å². The smallest absolute Gasteiger partial charge is 0.304 e. The fraction of sp³-hybridized carbons (Fsp3) is 0.0870. The van der Waals surface area contributed by atoms with Gasteiger partial charge in [0, 0.05) is 35.0 Å². The maximum Gasteiger partial charge on any atom is 0.304 e. The second-order valence-corrected chi connectivity index (χ2v) is 6.69. The number of H-pyrrole nitrogens is 1. The molecule has 0 bridgehead atoms. The third kappa shape index (κ3) is 3.91. The number of carboxylic acid groups (broad SMARTS) is 1. The standard InChI is InChI=1S/C23H18FN3O2/c24-21-9-5-4-8-18(21)20-10-16(12-25-23(20)15-6-2-1-3-7-15)19(11-22(28)29)17-13-26-27-14-17/h1-10,12-14,19H,11H2,(H,26,27)(H,28,29). The van der Waals surface area contributed by atoms with Gasteiger partial charge in [0.2, 0.25) is 0 Å². The van der Waals surface area contributed by atoms with Crippen molar-refractivity contribution >= 4 is 5.97 Å². The van der Waals surface area contributed by atoms with Crippen LogP contribution >= 0.6 is 0 Å². The summed E-state index contributed by atoms with van der Waals surface area (Å²) in [6.07, 6.45) is 4.80. The lowest BCUT2D eigenvalue weighted by Crippen LogP contribution is -2.08. The van der Waals surface area contributed by atoms with Crippen LogP contribution in [0.3, 0.4) is 0 Å². The van der Waals surface area contributed by atoms with Gasteiger partial charge in [-0.15, -0.1) is 0 Å². The Balaban J connectivity index is 1.91. The zero-order valence-electron chi connectivity index (χ0n) is 15.4. The van der Waals surface area contributed by atoms with Crippen molar-refractivity contribution in [1.29, 1.82) is 0 Å². The molecule has 0 aliphatic rings. The number of aromatic nitrogens is 3. The van der Waals surface area contributed by atoms with Crippen molar-refractivity contribution in [3.63, 3.8) is 0 Å². The van der Waals surface area contributed by atoms with Crippen molar-refractivity contribution in [1.82, 2.24) is 15.2 Å². The third-order valence-electron chi connectivity index (χ3n) is 4.82. The predicted molar refractivity (Wildman–Crippen MR) is 108 cm³/mol. The number of benzene rings is 2. The minimum atomic E-state index is -0.934.